The Morgan fingerprint density at radius 2 is 0.864 bits per heavy atom. The lowest BCUT2D eigenvalue weighted by Gasteiger charge is -2.34. The highest BCUT2D eigenvalue weighted by atomic mass is 32.1. The molecule has 18 heteroatoms. The van der Waals surface area contributed by atoms with Gasteiger partial charge in [0.05, 0.1) is 24.2 Å². The van der Waals surface area contributed by atoms with Gasteiger partial charge >= 0.3 is 0 Å². The average Bonchev–Trinajstić information content (AvgIpc) is 3.66. The Labute approximate surface area is 377 Å². The molecule has 0 saturated heterocycles. The van der Waals surface area contributed by atoms with E-state index in [4.69, 9.17) is 0 Å². The van der Waals surface area contributed by atoms with Crippen LogP contribution in [0.5, 0.6) is 0 Å². The summed E-state index contributed by atoms with van der Waals surface area (Å²) < 4.78 is 145. The number of hydrogen-bond donors (Lipinski definition) is 0. The van der Waals surface area contributed by atoms with Crippen molar-refractivity contribution in [3.05, 3.63) is 126 Å². The van der Waals surface area contributed by atoms with Gasteiger partial charge in [-0.2, -0.15) is 0 Å². The van der Waals surface area contributed by atoms with Crippen LogP contribution in [-0.4, -0.2) is 59.0 Å². The molecule has 0 N–H and O–H groups in total. The van der Waals surface area contributed by atoms with Crippen molar-refractivity contribution in [1.82, 2.24) is 14.7 Å². The molecule has 0 fully saturated rings. The first kappa shape index (κ1) is 48.3. The molecule has 0 unspecified atom stereocenters. The quantitative estimate of drug-likeness (QED) is 0.0287. The van der Waals surface area contributed by atoms with Gasteiger partial charge in [-0.05, 0) is 83.1 Å². The molecule has 1 aromatic heterocycles. The van der Waals surface area contributed by atoms with E-state index in [1.54, 1.807) is 6.07 Å². The first-order chi connectivity index (χ1) is 31.3. The number of benzene rings is 4. The van der Waals surface area contributed by atoms with Crippen LogP contribution >= 0.6 is 11.3 Å². The van der Waals surface area contributed by atoms with Crippen LogP contribution in [0.15, 0.2) is 18.2 Å². The van der Waals surface area contributed by atoms with Crippen LogP contribution in [0.25, 0.3) is 21.2 Å². The highest BCUT2D eigenvalue weighted by Gasteiger charge is 2.44. The van der Waals surface area contributed by atoms with Crippen LogP contribution in [0.1, 0.15) is 133 Å². The Bertz CT molecular complexity index is 2790. The lowest BCUT2D eigenvalue weighted by atomic mass is 9.81. The van der Waals surface area contributed by atoms with E-state index in [0.29, 0.717) is 11.3 Å². The van der Waals surface area contributed by atoms with Crippen LogP contribution in [0.4, 0.5) is 43.9 Å². The number of thiophene rings is 1. The molecule has 3 heterocycles. The van der Waals surface area contributed by atoms with Crippen molar-refractivity contribution in [2.75, 3.05) is 20.6 Å². The molecule has 0 saturated carbocycles. The van der Waals surface area contributed by atoms with Gasteiger partial charge in [-0.3, -0.25) is 29.0 Å². The number of halogens is 10. The zero-order valence-corrected chi connectivity index (χ0v) is 37.1. The molecule has 66 heavy (non-hydrogen) atoms. The lowest BCUT2D eigenvalue weighted by Crippen LogP contribution is -2.44. The topological polar surface area (TPSA) is 78.0 Å². The first-order valence-electron chi connectivity index (χ1n) is 21.4. The number of unbranched alkanes of at least 4 members (excludes halogenated alkanes) is 9. The van der Waals surface area contributed by atoms with Crippen molar-refractivity contribution >= 4 is 45.7 Å². The Morgan fingerprint density at radius 1 is 0.470 bits per heavy atom. The number of nitrogens with zero attached hydrogens (tertiary/aromatic N) is 3. The summed E-state index contributed by atoms with van der Waals surface area (Å²) in [7, 11) is 4.12. The number of hydrogen-bond acceptors (Lipinski definition) is 6. The minimum absolute atomic E-state index is 0.0617. The van der Waals surface area contributed by atoms with Gasteiger partial charge in [0.15, 0.2) is 46.5 Å². The number of carbonyl (C=O) groups excluding carboxylic acids is 4. The highest BCUT2D eigenvalue weighted by Crippen LogP contribution is 2.46. The number of amides is 4. The van der Waals surface area contributed by atoms with Crippen molar-refractivity contribution in [2.45, 2.75) is 97.6 Å². The molecule has 0 aliphatic carbocycles. The summed E-state index contributed by atoms with van der Waals surface area (Å²) in [5, 5.41) is -0.576. The largest absolute Gasteiger partial charge is 0.309 e. The predicted molar refractivity (Wildman–Crippen MR) is 226 cm³/mol. The van der Waals surface area contributed by atoms with E-state index in [-0.39, 0.29) is 42.8 Å². The van der Waals surface area contributed by atoms with E-state index in [1.807, 2.05) is 6.92 Å². The number of imide groups is 2. The third kappa shape index (κ3) is 8.61. The third-order valence-electron chi connectivity index (χ3n) is 12.3. The van der Waals surface area contributed by atoms with Crippen molar-refractivity contribution in [1.29, 1.82) is 0 Å². The summed E-state index contributed by atoms with van der Waals surface area (Å²) >= 11 is 1.17. The van der Waals surface area contributed by atoms with Crippen LogP contribution in [0, 0.1) is 72.0 Å². The maximum Gasteiger partial charge on any atom is 0.262 e. The summed E-state index contributed by atoms with van der Waals surface area (Å²) in [6, 6.07) is 3.97. The molecule has 5 aromatic rings. The molecule has 350 valence electrons. The van der Waals surface area contributed by atoms with Crippen molar-refractivity contribution in [3.8, 4) is 10.4 Å². The van der Waals surface area contributed by atoms with Crippen molar-refractivity contribution in [2.24, 2.45) is 0 Å². The molecule has 4 aromatic carbocycles. The number of rotatable bonds is 18. The number of aryl methyl sites for hydroxylation is 3. The average molecular weight is 948 g/mol. The van der Waals surface area contributed by atoms with E-state index >= 15 is 8.78 Å². The molecule has 0 bridgehead atoms. The fourth-order valence-corrected chi connectivity index (χ4v) is 9.88. The molecular weight excluding hydrogens is 905 g/mol. The molecule has 4 amide bonds. The second-order valence-electron chi connectivity index (χ2n) is 17.0. The molecule has 7 nitrogen and oxygen atoms in total. The zero-order chi connectivity index (χ0) is 48.0. The van der Waals surface area contributed by atoms with E-state index in [0.717, 1.165) is 67.6 Å². The molecule has 2 aliphatic heterocycles. The highest BCUT2D eigenvalue weighted by molar-refractivity contribution is 7.15. The molecular formula is C48H43F10N3O4S. The molecule has 0 radical (unpaired) electrons. The molecule has 0 atom stereocenters. The van der Waals surface area contributed by atoms with Gasteiger partial charge in [0.25, 0.3) is 23.6 Å². The Hall–Kier alpha value is -5.62. The second-order valence-corrected chi connectivity index (χ2v) is 18.2. The Balaban J connectivity index is 1.26. The first-order valence-corrected chi connectivity index (χ1v) is 22.2. The predicted octanol–water partition coefficient (Wildman–Crippen LogP) is 12.2. The minimum Gasteiger partial charge on any atom is -0.309 e. The maximum absolute atomic E-state index is 15.1. The van der Waals surface area contributed by atoms with Gasteiger partial charge in [0, 0.05) is 48.3 Å². The van der Waals surface area contributed by atoms with E-state index in [1.165, 1.54) is 43.9 Å². The van der Waals surface area contributed by atoms with Gasteiger partial charge in [0.1, 0.15) is 0 Å². The SMILES string of the molecule is Cc1cc2c3c(c(-c4cc(CCCCCCCCCCCCN(C)C)c(C)s4)cc4c3c1C(=O)N(Cc1c(F)c(F)c(F)c(F)c1F)C4=O)C(=O)N(Cc1c(F)c(F)c(F)c(F)c1F)C2=O. The molecule has 2 aliphatic rings. The Morgan fingerprint density at radius 3 is 1.33 bits per heavy atom. The van der Waals surface area contributed by atoms with E-state index in [2.05, 4.69) is 19.0 Å². The monoisotopic (exact) mass is 947 g/mol. The van der Waals surface area contributed by atoms with Crippen LogP contribution in [0.3, 0.4) is 0 Å². The third-order valence-corrected chi connectivity index (χ3v) is 13.4. The minimum atomic E-state index is -2.46. The van der Waals surface area contributed by atoms with E-state index in [9.17, 15) is 54.3 Å². The summed E-state index contributed by atoms with van der Waals surface area (Å²) in [6.07, 6.45) is 11.4. The van der Waals surface area contributed by atoms with Crippen molar-refractivity contribution < 1.29 is 63.1 Å². The van der Waals surface area contributed by atoms with Gasteiger partial charge < -0.3 is 4.90 Å². The van der Waals surface area contributed by atoms with Crippen LogP contribution < -0.4 is 0 Å². The summed E-state index contributed by atoms with van der Waals surface area (Å²) in [5.74, 6) is -28.5. The second kappa shape index (κ2) is 19.3. The smallest absolute Gasteiger partial charge is 0.262 e. The fourth-order valence-electron chi connectivity index (χ4n) is 8.78. The van der Waals surface area contributed by atoms with Gasteiger partial charge in [-0.25, -0.2) is 43.9 Å². The standard InChI is InChI=1S/C48H43F10N3O4S/c1-22-17-26-33-32-27(46(63)60(47(64)31(22)32)20-28-35(49)39(53)43(57)40(54)36(28)50)19-25(34(33)48(65)61(45(26)62)21-29-37(51)41(55)44(58)42(56)38(29)52)30-18-24(23(2)66-30)15-13-11-9-7-5-6-8-10-12-14-16-59(3)4/h17-19H,5-16,20-21H2,1-4H3. The maximum atomic E-state index is 15.1. The van der Waals surface area contributed by atoms with Crippen molar-refractivity contribution in [3.63, 3.8) is 0 Å². The van der Waals surface area contributed by atoms with E-state index < -0.39 is 117 Å². The summed E-state index contributed by atoms with van der Waals surface area (Å²) in [6.45, 7) is 1.31. The van der Waals surface area contributed by atoms with Crippen LogP contribution in [-0.2, 0) is 19.5 Å². The number of carbonyl (C=O) groups is 4. The van der Waals surface area contributed by atoms with Gasteiger partial charge in [-0.1, -0.05) is 51.4 Å². The normalized spacial score (nSPS) is 13.7. The summed E-state index contributed by atoms with van der Waals surface area (Å²) in [5.41, 5.74) is -3.83. The van der Waals surface area contributed by atoms with Gasteiger partial charge in [-0.15, -0.1) is 11.3 Å². The van der Waals surface area contributed by atoms with Crippen LogP contribution in [0.2, 0.25) is 0 Å². The molecule has 7 rings (SSSR count). The van der Waals surface area contributed by atoms with Gasteiger partial charge in [0.2, 0.25) is 11.6 Å². The Kier molecular flexibility index (Phi) is 14.1. The lowest BCUT2D eigenvalue weighted by molar-refractivity contribution is 0.0572. The molecule has 0 spiro atoms. The zero-order valence-electron chi connectivity index (χ0n) is 36.3. The summed E-state index contributed by atoms with van der Waals surface area (Å²) in [4.78, 5) is 61.3. The fraction of sp³-hybridized carbons (Fsp3) is 0.375.